The molecule has 0 aliphatic rings. The number of pyridine rings is 1. The molecule has 1 aromatic carbocycles. The molecule has 126 valence electrons. The van der Waals surface area contributed by atoms with E-state index in [1.165, 1.54) is 6.20 Å². The molecule has 0 aliphatic carbocycles. The molecule has 1 amide bonds. The molecule has 2 aromatic rings. The lowest BCUT2D eigenvalue weighted by atomic mass is 9.97. The molecule has 5 nitrogen and oxygen atoms in total. The molecule has 24 heavy (non-hydrogen) atoms. The largest absolute Gasteiger partial charge is 0.337 e. The number of hydrogen-bond acceptors (Lipinski definition) is 4. The molecule has 1 aromatic heterocycles. The van der Waals surface area contributed by atoms with Crippen LogP contribution in [0.4, 0.5) is 24.7 Å². The number of nitrogens with zero attached hydrogens (tertiary/aromatic N) is 1. The van der Waals surface area contributed by atoms with Gasteiger partial charge in [-0.15, -0.1) is 0 Å². The van der Waals surface area contributed by atoms with Gasteiger partial charge in [-0.2, -0.15) is 0 Å². The average Bonchev–Trinajstić information content (AvgIpc) is 2.54. The van der Waals surface area contributed by atoms with Gasteiger partial charge in [-0.25, -0.2) is 23.6 Å². The fourth-order valence-corrected chi connectivity index (χ4v) is 2.05. The summed E-state index contributed by atoms with van der Waals surface area (Å²) in [5, 5.41) is 2.55. The topological polar surface area (TPSA) is 63.2 Å². The van der Waals surface area contributed by atoms with E-state index in [-0.39, 0.29) is 12.4 Å². The number of halogens is 3. The van der Waals surface area contributed by atoms with Gasteiger partial charge in [-0.05, 0) is 25.5 Å². The van der Waals surface area contributed by atoms with Crippen molar-refractivity contribution in [2.75, 3.05) is 11.9 Å². The van der Waals surface area contributed by atoms with Crippen molar-refractivity contribution in [3.63, 3.8) is 0 Å². The number of amides is 1. The van der Waals surface area contributed by atoms with E-state index in [2.05, 4.69) is 10.3 Å². The van der Waals surface area contributed by atoms with E-state index in [1.807, 2.05) is 13.3 Å². The zero-order valence-electron chi connectivity index (χ0n) is 13.3. The Kier molecular flexibility index (Phi) is 5.45. The number of rotatable bonds is 5. The molecule has 2 rings (SSSR count). The van der Waals surface area contributed by atoms with Crippen molar-refractivity contribution in [2.45, 2.75) is 13.8 Å². The van der Waals surface area contributed by atoms with Gasteiger partial charge >= 0.3 is 0 Å². The van der Waals surface area contributed by atoms with Gasteiger partial charge in [-0.3, -0.25) is 9.63 Å². The zero-order chi connectivity index (χ0) is 17.9. The highest BCUT2D eigenvalue weighted by molar-refractivity contribution is 6.32. The van der Waals surface area contributed by atoms with Gasteiger partial charge in [0, 0.05) is 6.20 Å². The van der Waals surface area contributed by atoms with Crippen LogP contribution in [0.15, 0.2) is 18.3 Å². The molecule has 9 heteroatoms. The maximum Gasteiger partial charge on any atom is 0.277 e. The molecule has 0 atom stereocenters. The van der Waals surface area contributed by atoms with E-state index in [0.717, 1.165) is 5.46 Å². The molecular formula is C15H15BF3N3O2. The minimum absolute atomic E-state index is 0.152. The summed E-state index contributed by atoms with van der Waals surface area (Å²) in [6.45, 7) is 3.48. The SMILES string of the molecule is Bc1cnc(Nc2c(C(=O)NOCC)cc(F)c(F)c2F)c(C)c1. The number of aryl methyl sites for hydroxylation is 1. The summed E-state index contributed by atoms with van der Waals surface area (Å²) in [7, 11) is 1.82. The van der Waals surface area contributed by atoms with Crippen LogP contribution in [0.2, 0.25) is 0 Å². The number of carbonyl (C=O) groups excluding carboxylic acids is 1. The highest BCUT2D eigenvalue weighted by Gasteiger charge is 2.23. The monoisotopic (exact) mass is 337 g/mol. The van der Waals surface area contributed by atoms with E-state index in [4.69, 9.17) is 4.84 Å². The molecule has 0 saturated heterocycles. The summed E-state index contributed by atoms with van der Waals surface area (Å²) in [6, 6.07) is 2.37. The smallest absolute Gasteiger partial charge is 0.277 e. The Hall–Kier alpha value is -2.55. The fourth-order valence-electron chi connectivity index (χ4n) is 2.05. The van der Waals surface area contributed by atoms with Gasteiger partial charge in [0.2, 0.25) is 0 Å². The Balaban J connectivity index is 2.50. The van der Waals surface area contributed by atoms with Crippen LogP contribution >= 0.6 is 0 Å². The van der Waals surface area contributed by atoms with Crippen LogP contribution in [0.3, 0.4) is 0 Å². The third-order valence-corrected chi connectivity index (χ3v) is 3.17. The van der Waals surface area contributed by atoms with Gasteiger partial charge in [0.05, 0.1) is 17.9 Å². The molecule has 2 N–H and O–H groups in total. The summed E-state index contributed by atoms with van der Waals surface area (Å²) in [6.07, 6.45) is 1.52. The first-order valence-corrected chi connectivity index (χ1v) is 7.15. The Bertz CT molecular complexity index is 787. The molecule has 1 heterocycles. The maximum atomic E-state index is 14.2. The van der Waals surface area contributed by atoms with Crippen LogP contribution in [0, 0.1) is 24.4 Å². The highest BCUT2D eigenvalue weighted by Crippen LogP contribution is 2.28. The maximum absolute atomic E-state index is 14.2. The Morgan fingerprint density at radius 1 is 1.29 bits per heavy atom. The second-order valence-electron chi connectivity index (χ2n) is 5.08. The Morgan fingerprint density at radius 3 is 2.62 bits per heavy atom. The van der Waals surface area contributed by atoms with Gasteiger partial charge in [-0.1, -0.05) is 11.5 Å². The minimum atomic E-state index is -1.68. The number of anilines is 2. The molecule has 0 spiro atoms. The first kappa shape index (κ1) is 17.8. The zero-order valence-corrected chi connectivity index (χ0v) is 13.3. The quantitative estimate of drug-likeness (QED) is 0.493. The molecule has 0 fully saturated rings. The molecule has 0 radical (unpaired) electrons. The fraction of sp³-hybridized carbons (Fsp3) is 0.200. The number of hydrogen-bond donors (Lipinski definition) is 2. The molecule has 0 aliphatic heterocycles. The molecule has 0 saturated carbocycles. The standard InChI is InChI=1S/C15H15BF3N3O2/c1-3-24-22-15(23)9-5-10(17)11(18)12(19)13(9)21-14-7(2)4-8(16)6-20-14/h4-6H,3,16H2,1-2H3,(H,20,21)(H,22,23). The van der Waals surface area contributed by atoms with Gasteiger partial charge in [0.25, 0.3) is 5.91 Å². The lowest BCUT2D eigenvalue weighted by Gasteiger charge is -2.15. The number of aromatic nitrogens is 1. The van der Waals surface area contributed by atoms with Gasteiger partial charge in [0.1, 0.15) is 13.7 Å². The summed E-state index contributed by atoms with van der Waals surface area (Å²) in [5.74, 6) is -5.38. The number of hydroxylamine groups is 1. The van der Waals surface area contributed by atoms with Crippen molar-refractivity contribution in [3.05, 3.63) is 46.9 Å². The Labute approximate surface area is 137 Å². The lowest BCUT2D eigenvalue weighted by Crippen LogP contribution is -2.25. The average molecular weight is 337 g/mol. The number of nitrogens with one attached hydrogen (secondary N) is 2. The summed E-state index contributed by atoms with van der Waals surface area (Å²) >= 11 is 0. The van der Waals surface area contributed by atoms with Crippen molar-refractivity contribution >= 4 is 30.7 Å². The second kappa shape index (κ2) is 7.35. The number of benzene rings is 1. The van der Waals surface area contributed by atoms with E-state index in [9.17, 15) is 18.0 Å². The van der Waals surface area contributed by atoms with Crippen LogP contribution in [-0.2, 0) is 4.84 Å². The predicted octanol–water partition coefficient (Wildman–Crippen LogP) is 1.49. The van der Waals surface area contributed by atoms with Crippen molar-refractivity contribution < 1.29 is 22.8 Å². The Morgan fingerprint density at radius 2 is 2.00 bits per heavy atom. The summed E-state index contributed by atoms with van der Waals surface area (Å²) in [4.78, 5) is 20.8. The molecule has 0 unspecified atom stereocenters. The first-order chi connectivity index (χ1) is 11.3. The highest BCUT2D eigenvalue weighted by atomic mass is 19.2. The van der Waals surface area contributed by atoms with E-state index >= 15 is 0 Å². The minimum Gasteiger partial charge on any atom is -0.337 e. The van der Waals surface area contributed by atoms with Gasteiger partial charge in [0.15, 0.2) is 17.5 Å². The molecular weight excluding hydrogens is 322 g/mol. The van der Waals surface area contributed by atoms with E-state index in [1.54, 1.807) is 19.9 Å². The normalized spacial score (nSPS) is 10.5. The van der Waals surface area contributed by atoms with Crippen molar-refractivity contribution in [2.24, 2.45) is 0 Å². The summed E-state index contributed by atoms with van der Waals surface area (Å²) in [5.41, 5.74) is 2.57. The third kappa shape index (κ3) is 3.68. The van der Waals surface area contributed by atoms with E-state index in [0.29, 0.717) is 11.6 Å². The van der Waals surface area contributed by atoms with E-state index < -0.39 is 34.6 Å². The van der Waals surface area contributed by atoms with Crippen LogP contribution in [0.1, 0.15) is 22.8 Å². The summed E-state index contributed by atoms with van der Waals surface area (Å²) < 4.78 is 41.3. The van der Waals surface area contributed by atoms with Crippen LogP contribution < -0.4 is 16.3 Å². The molecule has 0 bridgehead atoms. The third-order valence-electron chi connectivity index (χ3n) is 3.17. The predicted molar refractivity (Wildman–Crippen MR) is 85.8 cm³/mol. The second-order valence-corrected chi connectivity index (χ2v) is 5.08. The van der Waals surface area contributed by atoms with Crippen molar-refractivity contribution in [1.82, 2.24) is 10.5 Å². The van der Waals surface area contributed by atoms with Crippen molar-refractivity contribution in [3.8, 4) is 0 Å². The lowest BCUT2D eigenvalue weighted by molar-refractivity contribution is 0.0364. The van der Waals surface area contributed by atoms with Gasteiger partial charge < -0.3 is 5.32 Å². The first-order valence-electron chi connectivity index (χ1n) is 7.15. The van der Waals surface area contributed by atoms with Crippen LogP contribution in [0.25, 0.3) is 0 Å². The number of carbonyl (C=O) groups is 1. The van der Waals surface area contributed by atoms with Crippen LogP contribution in [0.5, 0.6) is 0 Å². The van der Waals surface area contributed by atoms with Crippen LogP contribution in [-0.4, -0.2) is 25.3 Å². The van der Waals surface area contributed by atoms with Crippen molar-refractivity contribution in [1.29, 1.82) is 0 Å².